The predicted molar refractivity (Wildman–Crippen MR) is 78.0 cm³/mol. The van der Waals surface area contributed by atoms with Gasteiger partial charge >= 0.3 is 5.97 Å². The van der Waals surface area contributed by atoms with Crippen molar-refractivity contribution in [1.29, 1.82) is 0 Å². The molecule has 1 aromatic rings. The summed E-state index contributed by atoms with van der Waals surface area (Å²) >= 11 is 1.34. The lowest BCUT2D eigenvalue weighted by Crippen LogP contribution is -2.36. The number of anilines is 1. The van der Waals surface area contributed by atoms with Crippen LogP contribution in [0.4, 0.5) is 5.13 Å². The molecule has 2 aliphatic rings. The average Bonchev–Trinajstić information content (AvgIpc) is 3.12. The summed E-state index contributed by atoms with van der Waals surface area (Å²) in [7, 11) is 0. The molecule has 4 atom stereocenters. The number of hydrogen-bond donors (Lipinski definition) is 2. The molecule has 0 radical (unpaired) electrons. The molecule has 0 aromatic carbocycles. The largest absolute Gasteiger partial charge is 0.481 e. The van der Waals surface area contributed by atoms with Gasteiger partial charge in [0.25, 0.3) is 0 Å². The molecule has 1 amide bonds. The molecule has 1 heterocycles. The molecule has 1 saturated carbocycles. The highest BCUT2D eigenvalue weighted by molar-refractivity contribution is 7.15. The second kappa shape index (κ2) is 5.22. The zero-order valence-electron chi connectivity index (χ0n) is 11.8. The number of amides is 1. The third-order valence-electron chi connectivity index (χ3n) is 4.21. The summed E-state index contributed by atoms with van der Waals surface area (Å²) in [6, 6.07) is 0. The third-order valence-corrected chi connectivity index (χ3v) is 5.35. The standard InChI is InChI=1S/C14H17N3O3S/c1-6(2)12-16-17-14(21-12)15-11(18)9-7-3-4-8(5-7)10(9)13(19)20/h3-4,6-10H,5H2,1-2H3,(H,19,20)(H,15,17,18). The smallest absolute Gasteiger partial charge is 0.307 e. The first-order chi connectivity index (χ1) is 9.97. The van der Waals surface area contributed by atoms with Gasteiger partial charge in [-0.1, -0.05) is 37.3 Å². The van der Waals surface area contributed by atoms with Crippen LogP contribution in [-0.2, 0) is 9.59 Å². The molecule has 0 aliphatic heterocycles. The van der Waals surface area contributed by atoms with Gasteiger partial charge in [0.2, 0.25) is 11.0 Å². The first-order valence-electron chi connectivity index (χ1n) is 7.02. The highest BCUT2D eigenvalue weighted by Crippen LogP contribution is 2.48. The number of allylic oxidation sites excluding steroid dienone is 2. The number of nitrogens with zero attached hydrogens (tertiary/aromatic N) is 2. The Morgan fingerprint density at radius 1 is 1.29 bits per heavy atom. The number of aliphatic carboxylic acids is 1. The Morgan fingerprint density at radius 2 is 1.95 bits per heavy atom. The van der Waals surface area contributed by atoms with E-state index in [-0.39, 0.29) is 23.7 Å². The molecule has 1 aromatic heterocycles. The van der Waals surface area contributed by atoms with Crippen LogP contribution in [0, 0.1) is 23.7 Å². The maximum Gasteiger partial charge on any atom is 0.307 e. The van der Waals surface area contributed by atoms with Gasteiger partial charge in [-0.05, 0) is 18.3 Å². The van der Waals surface area contributed by atoms with E-state index in [2.05, 4.69) is 15.5 Å². The molecule has 4 unspecified atom stereocenters. The zero-order valence-corrected chi connectivity index (χ0v) is 12.6. The number of fused-ring (bicyclic) bond motifs is 2. The number of carbonyl (C=O) groups excluding carboxylic acids is 1. The number of carboxylic acids is 1. The van der Waals surface area contributed by atoms with Crippen LogP contribution in [0.3, 0.4) is 0 Å². The minimum absolute atomic E-state index is 0.0218. The van der Waals surface area contributed by atoms with Gasteiger partial charge in [0.1, 0.15) is 5.01 Å². The third kappa shape index (κ3) is 2.46. The van der Waals surface area contributed by atoms with Crippen LogP contribution in [0.25, 0.3) is 0 Å². The van der Waals surface area contributed by atoms with Gasteiger partial charge in [0.05, 0.1) is 11.8 Å². The summed E-state index contributed by atoms with van der Waals surface area (Å²) in [5.41, 5.74) is 0. The quantitative estimate of drug-likeness (QED) is 0.831. The summed E-state index contributed by atoms with van der Waals surface area (Å²) in [5, 5.41) is 21.4. The average molecular weight is 307 g/mol. The Labute approximate surface area is 126 Å². The van der Waals surface area contributed by atoms with Crippen LogP contribution < -0.4 is 5.32 Å². The van der Waals surface area contributed by atoms with Gasteiger partial charge < -0.3 is 10.4 Å². The molecule has 112 valence electrons. The van der Waals surface area contributed by atoms with Crippen LogP contribution in [0.15, 0.2) is 12.2 Å². The molecule has 2 aliphatic carbocycles. The van der Waals surface area contributed by atoms with E-state index in [9.17, 15) is 14.7 Å². The summed E-state index contributed by atoms with van der Waals surface area (Å²) in [6.07, 6.45) is 4.64. The van der Waals surface area contributed by atoms with E-state index in [1.54, 1.807) is 0 Å². The van der Waals surface area contributed by atoms with E-state index in [4.69, 9.17) is 0 Å². The Balaban J connectivity index is 1.75. The summed E-state index contributed by atoms with van der Waals surface area (Å²) < 4.78 is 0. The summed E-state index contributed by atoms with van der Waals surface area (Å²) in [5.74, 6) is -2.04. The van der Waals surface area contributed by atoms with E-state index in [1.165, 1.54) is 11.3 Å². The van der Waals surface area contributed by atoms with Crippen molar-refractivity contribution < 1.29 is 14.7 Å². The molecule has 0 saturated heterocycles. The van der Waals surface area contributed by atoms with Crippen molar-refractivity contribution >= 4 is 28.3 Å². The fourth-order valence-corrected chi connectivity index (χ4v) is 3.97. The Hall–Kier alpha value is -1.76. The topological polar surface area (TPSA) is 92.2 Å². The van der Waals surface area contributed by atoms with Gasteiger partial charge in [-0.25, -0.2) is 0 Å². The maximum absolute atomic E-state index is 12.4. The van der Waals surface area contributed by atoms with Gasteiger partial charge in [-0.2, -0.15) is 0 Å². The van der Waals surface area contributed by atoms with E-state index in [0.29, 0.717) is 5.13 Å². The molecule has 2 N–H and O–H groups in total. The highest BCUT2D eigenvalue weighted by atomic mass is 32.1. The first kappa shape index (κ1) is 14.2. The normalized spacial score (nSPS) is 30.0. The summed E-state index contributed by atoms with van der Waals surface area (Å²) in [4.78, 5) is 23.8. The Morgan fingerprint density at radius 3 is 2.52 bits per heavy atom. The molecule has 3 rings (SSSR count). The maximum atomic E-state index is 12.4. The fraction of sp³-hybridized carbons (Fsp3) is 0.571. The molecule has 0 spiro atoms. The number of nitrogens with one attached hydrogen (secondary N) is 1. The Kier molecular flexibility index (Phi) is 3.52. The van der Waals surface area contributed by atoms with Crippen LogP contribution >= 0.6 is 11.3 Å². The van der Waals surface area contributed by atoms with E-state index in [0.717, 1.165) is 11.4 Å². The van der Waals surface area contributed by atoms with Crippen molar-refractivity contribution in [2.75, 3.05) is 5.32 Å². The van der Waals surface area contributed by atoms with Crippen molar-refractivity contribution in [2.45, 2.75) is 26.2 Å². The lowest BCUT2D eigenvalue weighted by molar-refractivity contribution is -0.146. The van der Waals surface area contributed by atoms with Crippen molar-refractivity contribution in [1.82, 2.24) is 10.2 Å². The number of hydrogen-bond acceptors (Lipinski definition) is 5. The minimum atomic E-state index is -0.896. The lowest BCUT2D eigenvalue weighted by atomic mass is 9.82. The van der Waals surface area contributed by atoms with Crippen LogP contribution in [0.1, 0.15) is 31.2 Å². The first-order valence-corrected chi connectivity index (χ1v) is 7.84. The van der Waals surface area contributed by atoms with E-state index < -0.39 is 17.8 Å². The van der Waals surface area contributed by atoms with Gasteiger partial charge in [-0.15, -0.1) is 10.2 Å². The number of rotatable bonds is 4. The molecule has 6 nitrogen and oxygen atoms in total. The highest BCUT2D eigenvalue weighted by Gasteiger charge is 2.51. The van der Waals surface area contributed by atoms with Crippen LogP contribution in [0.5, 0.6) is 0 Å². The van der Waals surface area contributed by atoms with Crippen molar-refractivity contribution in [3.63, 3.8) is 0 Å². The minimum Gasteiger partial charge on any atom is -0.481 e. The van der Waals surface area contributed by atoms with E-state index in [1.807, 2.05) is 26.0 Å². The SMILES string of the molecule is CC(C)c1nnc(NC(=O)C2C3C=CC(C3)C2C(=O)O)s1. The number of carboxylic acid groups (broad SMARTS) is 1. The monoisotopic (exact) mass is 307 g/mol. The second-order valence-corrected chi connectivity index (χ2v) is 6.94. The lowest BCUT2D eigenvalue weighted by Gasteiger charge is -2.23. The Bertz CT molecular complexity index is 610. The molecular weight excluding hydrogens is 290 g/mol. The predicted octanol–water partition coefficient (Wildman–Crippen LogP) is 2.12. The molecule has 1 fully saturated rings. The van der Waals surface area contributed by atoms with Crippen molar-refractivity contribution in [2.24, 2.45) is 23.7 Å². The van der Waals surface area contributed by atoms with Gasteiger partial charge in [0, 0.05) is 5.92 Å². The molecule has 2 bridgehead atoms. The summed E-state index contributed by atoms with van der Waals surface area (Å²) in [6.45, 7) is 4.01. The molecular formula is C14H17N3O3S. The van der Waals surface area contributed by atoms with Crippen molar-refractivity contribution in [3.8, 4) is 0 Å². The van der Waals surface area contributed by atoms with Gasteiger partial charge in [-0.3, -0.25) is 9.59 Å². The van der Waals surface area contributed by atoms with Gasteiger partial charge in [0.15, 0.2) is 0 Å². The van der Waals surface area contributed by atoms with E-state index >= 15 is 0 Å². The molecule has 7 heteroatoms. The second-order valence-electron chi connectivity index (χ2n) is 5.93. The van der Waals surface area contributed by atoms with Crippen LogP contribution in [-0.4, -0.2) is 27.2 Å². The van der Waals surface area contributed by atoms with Crippen LogP contribution in [0.2, 0.25) is 0 Å². The number of aromatic nitrogens is 2. The fourth-order valence-electron chi connectivity index (χ4n) is 3.22. The zero-order chi connectivity index (χ0) is 15.1. The molecule has 21 heavy (non-hydrogen) atoms. The number of carbonyl (C=O) groups is 2. The van der Waals surface area contributed by atoms with Crippen molar-refractivity contribution in [3.05, 3.63) is 17.2 Å².